The number of carbonyl (C=O) groups excluding carboxylic acids is 1. The van der Waals surface area contributed by atoms with Crippen molar-refractivity contribution in [3.8, 4) is 0 Å². The van der Waals surface area contributed by atoms with E-state index < -0.39 is 17.8 Å². The van der Waals surface area contributed by atoms with Gasteiger partial charge in [0.25, 0.3) is 0 Å². The quantitative estimate of drug-likeness (QED) is 0.890. The van der Waals surface area contributed by atoms with E-state index in [4.69, 9.17) is 17.3 Å². The summed E-state index contributed by atoms with van der Waals surface area (Å²) in [6, 6.07) is 12.8. The Kier molecular flexibility index (Phi) is 4.94. The lowest BCUT2D eigenvalue weighted by Crippen LogP contribution is -2.35. The van der Waals surface area contributed by atoms with Crippen LogP contribution in [0, 0.1) is 5.82 Å². The van der Waals surface area contributed by atoms with E-state index in [1.165, 1.54) is 12.1 Å². The molecule has 0 aliphatic heterocycles. The average molecular weight is 307 g/mol. The summed E-state index contributed by atoms with van der Waals surface area (Å²) in [6.45, 7) is 1.86. The van der Waals surface area contributed by atoms with Gasteiger partial charge in [0.1, 0.15) is 11.9 Å². The van der Waals surface area contributed by atoms with Gasteiger partial charge in [0, 0.05) is 6.04 Å². The zero-order valence-electron chi connectivity index (χ0n) is 11.5. The summed E-state index contributed by atoms with van der Waals surface area (Å²) >= 11 is 5.78. The number of amides is 1. The lowest BCUT2D eigenvalue weighted by Gasteiger charge is -2.22. The lowest BCUT2D eigenvalue weighted by atomic mass is 10.0. The fraction of sp³-hybridized carbons (Fsp3) is 0.188. The van der Waals surface area contributed by atoms with Crippen LogP contribution in [0.4, 0.5) is 4.39 Å². The largest absolute Gasteiger partial charge is 0.368 e. The number of nitrogens with one attached hydrogen (secondary N) is 1. The first-order valence-electron chi connectivity index (χ1n) is 6.54. The fourth-order valence-electron chi connectivity index (χ4n) is 2.12. The van der Waals surface area contributed by atoms with Crippen LogP contribution in [-0.2, 0) is 4.79 Å². The number of nitrogens with two attached hydrogens (primary N) is 1. The molecule has 0 bridgehead atoms. The molecule has 2 aromatic carbocycles. The molecule has 2 rings (SSSR count). The minimum atomic E-state index is -0.620. The number of rotatable bonds is 5. The van der Waals surface area contributed by atoms with Gasteiger partial charge in [0.15, 0.2) is 0 Å². The summed E-state index contributed by atoms with van der Waals surface area (Å²) in [5, 5.41) is 3.19. The normalized spacial score (nSPS) is 13.7. The molecule has 3 nitrogen and oxygen atoms in total. The first-order valence-corrected chi connectivity index (χ1v) is 6.92. The molecule has 0 aliphatic rings. The van der Waals surface area contributed by atoms with Crippen LogP contribution in [0.5, 0.6) is 0 Å². The van der Waals surface area contributed by atoms with Crippen molar-refractivity contribution in [3.05, 3.63) is 70.5 Å². The van der Waals surface area contributed by atoms with Gasteiger partial charge < -0.3 is 5.73 Å². The van der Waals surface area contributed by atoms with Crippen LogP contribution < -0.4 is 11.1 Å². The van der Waals surface area contributed by atoms with E-state index in [-0.39, 0.29) is 11.1 Å². The highest BCUT2D eigenvalue weighted by Crippen LogP contribution is 2.23. The highest BCUT2D eigenvalue weighted by atomic mass is 35.5. The third-order valence-electron chi connectivity index (χ3n) is 3.28. The van der Waals surface area contributed by atoms with Crippen LogP contribution >= 0.6 is 11.6 Å². The van der Waals surface area contributed by atoms with Crippen LogP contribution in [0.2, 0.25) is 5.02 Å². The lowest BCUT2D eigenvalue weighted by molar-refractivity contribution is -0.120. The van der Waals surface area contributed by atoms with Crippen LogP contribution in [0.3, 0.4) is 0 Å². The number of hydrogen-bond acceptors (Lipinski definition) is 2. The first kappa shape index (κ1) is 15.5. The van der Waals surface area contributed by atoms with E-state index in [9.17, 15) is 9.18 Å². The van der Waals surface area contributed by atoms with Gasteiger partial charge in [0.2, 0.25) is 5.91 Å². The van der Waals surface area contributed by atoms with Gasteiger partial charge in [-0.05, 0) is 30.2 Å². The van der Waals surface area contributed by atoms with Gasteiger partial charge in [-0.25, -0.2) is 4.39 Å². The highest BCUT2D eigenvalue weighted by molar-refractivity contribution is 6.30. The molecule has 2 atom stereocenters. The molecular weight excluding hydrogens is 291 g/mol. The molecule has 1 amide bonds. The number of primary amides is 1. The Morgan fingerprint density at radius 2 is 1.86 bits per heavy atom. The maximum Gasteiger partial charge on any atom is 0.239 e. The molecule has 0 fully saturated rings. The van der Waals surface area contributed by atoms with Gasteiger partial charge in [-0.15, -0.1) is 0 Å². The predicted octanol–water partition coefficient (Wildman–Crippen LogP) is 3.36. The Morgan fingerprint density at radius 1 is 1.19 bits per heavy atom. The van der Waals surface area contributed by atoms with E-state index in [1.807, 2.05) is 37.3 Å². The maximum atomic E-state index is 13.2. The molecule has 0 radical (unpaired) electrons. The van der Waals surface area contributed by atoms with Crippen molar-refractivity contribution in [1.29, 1.82) is 0 Å². The molecule has 2 unspecified atom stereocenters. The van der Waals surface area contributed by atoms with Crippen molar-refractivity contribution in [3.63, 3.8) is 0 Å². The summed E-state index contributed by atoms with van der Waals surface area (Å²) in [5.41, 5.74) is 7.03. The number of halogens is 2. The first-order chi connectivity index (χ1) is 9.99. The number of carbonyl (C=O) groups is 1. The van der Waals surface area contributed by atoms with Crippen LogP contribution in [-0.4, -0.2) is 5.91 Å². The van der Waals surface area contributed by atoms with Gasteiger partial charge >= 0.3 is 0 Å². The third-order valence-corrected chi connectivity index (χ3v) is 3.57. The summed E-state index contributed by atoms with van der Waals surface area (Å²) in [5.74, 6) is -0.941. The standard InChI is InChI=1S/C16H16ClFN2O/c1-10(12-7-8-14(18)13(17)9-12)20-15(16(19)21)11-5-3-2-4-6-11/h2-10,15,20H,1H3,(H2,19,21). The van der Waals surface area contributed by atoms with Crippen LogP contribution in [0.15, 0.2) is 48.5 Å². The minimum Gasteiger partial charge on any atom is -0.368 e. The van der Waals surface area contributed by atoms with E-state index >= 15 is 0 Å². The van der Waals surface area contributed by atoms with Crippen molar-refractivity contribution < 1.29 is 9.18 Å². The highest BCUT2D eigenvalue weighted by Gasteiger charge is 2.20. The fourth-order valence-corrected chi connectivity index (χ4v) is 2.31. The molecule has 21 heavy (non-hydrogen) atoms. The second kappa shape index (κ2) is 6.70. The molecule has 110 valence electrons. The van der Waals surface area contributed by atoms with E-state index in [2.05, 4.69) is 5.32 Å². The van der Waals surface area contributed by atoms with Crippen LogP contribution in [0.1, 0.15) is 30.1 Å². The molecule has 0 aromatic heterocycles. The minimum absolute atomic E-state index is 0.0523. The van der Waals surface area contributed by atoms with Crippen molar-refractivity contribution >= 4 is 17.5 Å². The van der Waals surface area contributed by atoms with Gasteiger partial charge in [-0.2, -0.15) is 0 Å². The van der Waals surface area contributed by atoms with Gasteiger partial charge in [-0.3, -0.25) is 10.1 Å². The second-order valence-corrected chi connectivity index (χ2v) is 5.22. The Hall–Kier alpha value is -1.91. The summed E-state index contributed by atoms with van der Waals surface area (Å²) < 4.78 is 13.2. The molecule has 0 saturated heterocycles. The smallest absolute Gasteiger partial charge is 0.239 e. The van der Waals surface area contributed by atoms with Crippen molar-refractivity contribution in [2.75, 3.05) is 0 Å². The van der Waals surface area contributed by atoms with E-state index in [0.29, 0.717) is 0 Å². The molecule has 2 aromatic rings. The van der Waals surface area contributed by atoms with Gasteiger partial charge in [0.05, 0.1) is 5.02 Å². The molecule has 3 N–H and O–H groups in total. The Morgan fingerprint density at radius 3 is 2.43 bits per heavy atom. The maximum absolute atomic E-state index is 13.2. The molecule has 0 heterocycles. The Balaban J connectivity index is 2.20. The number of hydrogen-bond donors (Lipinski definition) is 2. The monoisotopic (exact) mass is 306 g/mol. The topological polar surface area (TPSA) is 55.1 Å². The summed E-state index contributed by atoms with van der Waals surface area (Å²) in [6.07, 6.45) is 0. The Bertz CT molecular complexity index is 633. The third kappa shape index (κ3) is 3.80. The molecule has 0 aliphatic carbocycles. The van der Waals surface area contributed by atoms with E-state index in [0.717, 1.165) is 11.1 Å². The predicted molar refractivity (Wildman–Crippen MR) is 81.3 cm³/mol. The SMILES string of the molecule is CC(NC(C(N)=O)c1ccccc1)c1ccc(F)c(Cl)c1. The van der Waals surface area contributed by atoms with Crippen molar-refractivity contribution in [1.82, 2.24) is 5.32 Å². The second-order valence-electron chi connectivity index (χ2n) is 4.81. The molecular formula is C16H16ClFN2O. The van der Waals surface area contributed by atoms with Crippen molar-refractivity contribution in [2.24, 2.45) is 5.73 Å². The Labute approximate surface area is 127 Å². The zero-order valence-corrected chi connectivity index (χ0v) is 12.3. The summed E-state index contributed by atoms with van der Waals surface area (Å²) in [7, 11) is 0. The zero-order chi connectivity index (χ0) is 15.4. The van der Waals surface area contributed by atoms with E-state index in [1.54, 1.807) is 6.07 Å². The van der Waals surface area contributed by atoms with Crippen molar-refractivity contribution in [2.45, 2.75) is 19.0 Å². The number of benzene rings is 2. The molecule has 0 spiro atoms. The van der Waals surface area contributed by atoms with Crippen LogP contribution in [0.25, 0.3) is 0 Å². The average Bonchev–Trinajstić information content (AvgIpc) is 2.48. The van der Waals surface area contributed by atoms with Gasteiger partial charge in [-0.1, -0.05) is 48.0 Å². The summed E-state index contributed by atoms with van der Waals surface area (Å²) in [4.78, 5) is 11.7. The molecule has 5 heteroatoms. The molecule has 0 saturated carbocycles.